The van der Waals surface area contributed by atoms with Gasteiger partial charge >= 0.3 is 0 Å². The lowest BCUT2D eigenvalue weighted by molar-refractivity contribution is 0.557. The zero-order valence-corrected chi connectivity index (χ0v) is 12.3. The van der Waals surface area contributed by atoms with Gasteiger partial charge in [-0.05, 0) is 49.4 Å². The normalized spacial score (nSPS) is 24.8. The average Bonchev–Trinajstić information content (AvgIpc) is 3.06. The van der Waals surface area contributed by atoms with Crippen LogP contribution < -0.4 is 10.0 Å². The first-order chi connectivity index (χ1) is 8.90. The summed E-state index contributed by atoms with van der Waals surface area (Å²) in [6.07, 6.45) is 2.68. The van der Waals surface area contributed by atoms with Crippen molar-refractivity contribution >= 4 is 21.6 Å². The molecule has 4 nitrogen and oxygen atoms in total. The van der Waals surface area contributed by atoms with E-state index in [0.29, 0.717) is 4.90 Å². The molecule has 0 aromatic heterocycles. The predicted molar refractivity (Wildman–Crippen MR) is 74.7 cm³/mol. The Labute approximate surface area is 118 Å². The number of halogens is 1. The molecule has 0 radical (unpaired) electrons. The zero-order chi connectivity index (χ0) is 13.7. The van der Waals surface area contributed by atoms with Crippen molar-refractivity contribution in [2.24, 2.45) is 0 Å². The molecule has 3 rings (SSSR count). The molecule has 2 N–H and O–H groups in total. The summed E-state index contributed by atoms with van der Waals surface area (Å²) in [5, 5.41) is 3.13. The van der Waals surface area contributed by atoms with Gasteiger partial charge in [-0.1, -0.05) is 6.07 Å². The van der Waals surface area contributed by atoms with E-state index in [0.717, 1.165) is 36.9 Å². The molecule has 1 aromatic carbocycles. The van der Waals surface area contributed by atoms with Gasteiger partial charge < -0.3 is 0 Å². The van der Waals surface area contributed by atoms with E-state index in [1.807, 2.05) is 13.0 Å². The van der Waals surface area contributed by atoms with Gasteiger partial charge in [0.2, 0.25) is 10.0 Å². The fourth-order valence-corrected chi connectivity index (χ4v) is 4.13. The van der Waals surface area contributed by atoms with Crippen LogP contribution in [0.2, 0.25) is 0 Å². The van der Waals surface area contributed by atoms with Gasteiger partial charge in [0.1, 0.15) is 5.50 Å². The van der Waals surface area contributed by atoms with Crippen molar-refractivity contribution in [2.45, 2.75) is 42.1 Å². The quantitative estimate of drug-likeness (QED) is 0.662. The standard InChI is InChI=1S/C13H17ClN2O2S/c1-13(5-6-13)16-19(17,18)10-3-2-9-4-7-15-12(14)11(9)8-10/h2-3,8,12,15-16H,4-7H2,1H3. The molecule has 1 atom stereocenters. The van der Waals surface area contributed by atoms with E-state index in [1.165, 1.54) is 0 Å². The lowest BCUT2D eigenvalue weighted by Gasteiger charge is -2.23. The zero-order valence-electron chi connectivity index (χ0n) is 10.7. The molecule has 6 heteroatoms. The Balaban J connectivity index is 1.95. The fraction of sp³-hybridized carbons (Fsp3) is 0.538. The van der Waals surface area contributed by atoms with E-state index in [1.54, 1.807) is 12.1 Å². The molecule has 1 aromatic rings. The highest BCUT2D eigenvalue weighted by atomic mass is 35.5. The lowest BCUT2D eigenvalue weighted by atomic mass is 10.0. The molecule has 104 valence electrons. The Morgan fingerprint density at radius 3 is 2.84 bits per heavy atom. The van der Waals surface area contributed by atoms with Gasteiger partial charge in [-0.15, -0.1) is 11.6 Å². The van der Waals surface area contributed by atoms with Crippen LogP contribution in [0, 0.1) is 0 Å². The van der Waals surface area contributed by atoms with Crippen LogP contribution in [0.25, 0.3) is 0 Å². The van der Waals surface area contributed by atoms with E-state index >= 15 is 0 Å². The summed E-state index contributed by atoms with van der Waals surface area (Å²) in [5.74, 6) is 0. The first-order valence-electron chi connectivity index (χ1n) is 6.44. The molecule has 2 aliphatic rings. The monoisotopic (exact) mass is 300 g/mol. The molecule has 0 saturated heterocycles. The second-order valence-electron chi connectivity index (χ2n) is 5.59. The number of hydrogen-bond donors (Lipinski definition) is 2. The first kappa shape index (κ1) is 13.4. The number of hydrogen-bond acceptors (Lipinski definition) is 3. The molecular weight excluding hydrogens is 284 g/mol. The summed E-state index contributed by atoms with van der Waals surface area (Å²) in [6.45, 7) is 2.75. The van der Waals surface area contributed by atoms with Gasteiger partial charge in [-0.3, -0.25) is 5.32 Å². The SMILES string of the molecule is CC1(NS(=O)(=O)c2ccc3c(c2)C(Cl)NCC3)CC1. The lowest BCUT2D eigenvalue weighted by Crippen LogP contribution is -2.34. The van der Waals surface area contributed by atoms with Crippen molar-refractivity contribution in [3.8, 4) is 0 Å². The molecule has 1 fully saturated rings. The highest BCUT2D eigenvalue weighted by Gasteiger charge is 2.41. The molecular formula is C13H17ClN2O2S. The van der Waals surface area contributed by atoms with Crippen molar-refractivity contribution in [1.29, 1.82) is 0 Å². The Kier molecular flexibility index (Phi) is 3.13. The van der Waals surface area contributed by atoms with Crippen molar-refractivity contribution in [3.05, 3.63) is 29.3 Å². The molecule has 0 bridgehead atoms. The van der Waals surface area contributed by atoms with E-state index in [9.17, 15) is 8.42 Å². The summed E-state index contributed by atoms with van der Waals surface area (Å²) in [5.41, 5.74) is 1.43. The summed E-state index contributed by atoms with van der Waals surface area (Å²) >= 11 is 6.19. The number of rotatable bonds is 3. The number of sulfonamides is 1. The van der Waals surface area contributed by atoms with E-state index in [4.69, 9.17) is 11.6 Å². The van der Waals surface area contributed by atoms with Crippen LogP contribution in [-0.2, 0) is 16.4 Å². The number of nitrogens with one attached hydrogen (secondary N) is 2. The summed E-state index contributed by atoms with van der Waals surface area (Å²) < 4.78 is 27.4. The maximum absolute atomic E-state index is 12.3. The second kappa shape index (κ2) is 4.45. The van der Waals surface area contributed by atoms with Crippen molar-refractivity contribution in [1.82, 2.24) is 10.0 Å². The van der Waals surface area contributed by atoms with Crippen molar-refractivity contribution < 1.29 is 8.42 Å². The highest BCUT2D eigenvalue weighted by molar-refractivity contribution is 7.89. The predicted octanol–water partition coefficient (Wildman–Crippen LogP) is 1.90. The topological polar surface area (TPSA) is 58.2 Å². The Morgan fingerprint density at radius 1 is 1.42 bits per heavy atom. The minimum atomic E-state index is -3.45. The number of fused-ring (bicyclic) bond motifs is 1. The van der Waals surface area contributed by atoms with Gasteiger partial charge in [0.05, 0.1) is 4.90 Å². The third-order valence-corrected chi connectivity index (χ3v) is 5.82. The molecule has 1 unspecified atom stereocenters. The largest absolute Gasteiger partial charge is 0.297 e. The van der Waals surface area contributed by atoms with Crippen LogP contribution in [0.15, 0.2) is 23.1 Å². The average molecular weight is 301 g/mol. The molecule has 1 saturated carbocycles. The summed E-state index contributed by atoms with van der Waals surface area (Å²) in [4.78, 5) is 0.300. The van der Waals surface area contributed by atoms with Crippen LogP contribution in [0.3, 0.4) is 0 Å². The first-order valence-corrected chi connectivity index (χ1v) is 8.36. The molecule has 1 aliphatic heterocycles. The number of alkyl halides is 1. The van der Waals surface area contributed by atoms with Gasteiger partial charge in [0, 0.05) is 12.1 Å². The van der Waals surface area contributed by atoms with Crippen molar-refractivity contribution in [3.63, 3.8) is 0 Å². The van der Waals surface area contributed by atoms with Gasteiger partial charge in [0.25, 0.3) is 0 Å². The minimum Gasteiger partial charge on any atom is -0.297 e. The molecule has 1 aliphatic carbocycles. The van der Waals surface area contributed by atoms with Crippen LogP contribution >= 0.6 is 11.6 Å². The molecule has 0 amide bonds. The van der Waals surface area contributed by atoms with Crippen LogP contribution in [-0.4, -0.2) is 20.5 Å². The fourth-order valence-electron chi connectivity index (χ4n) is 2.32. The summed E-state index contributed by atoms with van der Waals surface area (Å²) in [7, 11) is -3.45. The van der Waals surface area contributed by atoms with Crippen LogP contribution in [0.4, 0.5) is 0 Å². The van der Waals surface area contributed by atoms with Gasteiger partial charge in [-0.2, -0.15) is 0 Å². The highest BCUT2D eigenvalue weighted by Crippen LogP contribution is 2.36. The second-order valence-corrected chi connectivity index (χ2v) is 7.71. The maximum atomic E-state index is 12.3. The number of benzene rings is 1. The summed E-state index contributed by atoms with van der Waals surface area (Å²) in [6, 6.07) is 5.23. The Bertz CT molecular complexity index is 611. The maximum Gasteiger partial charge on any atom is 0.241 e. The van der Waals surface area contributed by atoms with E-state index in [2.05, 4.69) is 10.0 Å². The van der Waals surface area contributed by atoms with Crippen LogP contribution in [0.1, 0.15) is 36.4 Å². The molecule has 0 spiro atoms. The Hall–Kier alpha value is -0.620. The third-order valence-electron chi connectivity index (χ3n) is 3.80. The van der Waals surface area contributed by atoms with Crippen molar-refractivity contribution in [2.75, 3.05) is 6.54 Å². The third kappa shape index (κ3) is 2.65. The van der Waals surface area contributed by atoms with Crippen LogP contribution in [0.5, 0.6) is 0 Å². The molecule has 1 heterocycles. The smallest absolute Gasteiger partial charge is 0.241 e. The Morgan fingerprint density at radius 2 is 2.16 bits per heavy atom. The van der Waals surface area contributed by atoms with E-state index < -0.39 is 10.0 Å². The minimum absolute atomic E-state index is 0.257. The van der Waals surface area contributed by atoms with Gasteiger partial charge in [-0.25, -0.2) is 13.1 Å². The van der Waals surface area contributed by atoms with Gasteiger partial charge in [0.15, 0.2) is 0 Å². The van der Waals surface area contributed by atoms with E-state index in [-0.39, 0.29) is 11.0 Å². The molecule has 19 heavy (non-hydrogen) atoms.